The van der Waals surface area contributed by atoms with Crippen molar-refractivity contribution in [1.29, 1.82) is 0 Å². The third-order valence-electron chi connectivity index (χ3n) is 5.54. The molecular formula is C22H22N2O4. The van der Waals surface area contributed by atoms with Crippen LogP contribution in [0, 0.1) is 0 Å². The average molecular weight is 378 g/mol. The number of hydrogen-bond donors (Lipinski definition) is 2. The van der Waals surface area contributed by atoms with Crippen molar-refractivity contribution in [3.63, 3.8) is 0 Å². The molecule has 0 unspecified atom stereocenters. The number of amides is 1. The number of carbonyl (C=O) groups excluding carboxylic acids is 1. The highest BCUT2D eigenvalue weighted by Crippen LogP contribution is 2.40. The molecule has 0 saturated carbocycles. The van der Waals surface area contributed by atoms with Gasteiger partial charge >= 0.3 is 12.1 Å². The summed E-state index contributed by atoms with van der Waals surface area (Å²) in [5.74, 6) is -0.966. The summed E-state index contributed by atoms with van der Waals surface area (Å²) in [6, 6.07) is 16.6. The zero-order chi connectivity index (χ0) is 19.7. The van der Waals surface area contributed by atoms with Gasteiger partial charge in [0.1, 0.15) is 6.61 Å². The maximum atomic E-state index is 12.8. The molecule has 3 aromatic rings. The topological polar surface area (TPSA) is 82.6 Å². The number of benzene rings is 2. The Bertz CT molecular complexity index is 1030. The van der Waals surface area contributed by atoms with E-state index >= 15 is 0 Å². The highest BCUT2D eigenvalue weighted by Gasteiger charge is 2.43. The molecule has 2 N–H and O–H groups in total. The summed E-state index contributed by atoms with van der Waals surface area (Å²) in [5, 5.41) is 10.1. The second-order valence-corrected chi connectivity index (χ2v) is 7.32. The number of rotatable bonds is 4. The average Bonchev–Trinajstić information content (AvgIpc) is 3.31. The molecule has 1 amide bonds. The van der Waals surface area contributed by atoms with Crippen LogP contribution in [0.15, 0.2) is 54.6 Å². The van der Waals surface area contributed by atoms with Gasteiger partial charge in [0.05, 0.1) is 11.1 Å². The van der Waals surface area contributed by atoms with E-state index in [1.54, 1.807) is 17.0 Å². The van der Waals surface area contributed by atoms with Crippen LogP contribution in [0.5, 0.6) is 0 Å². The first-order valence-electron chi connectivity index (χ1n) is 9.33. The van der Waals surface area contributed by atoms with Crippen LogP contribution >= 0.6 is 0 Å². The lowest BCUT2D eigenvalue weighted by molar-refractivity contribution is 0.0677. The number of fused-ring (bicyclic) bond motifs is 1. The maximum absolute atomic E-state index is 12.8. The number of nitrogens with zero attached hydrogens (tertiary/aromatic N) is 1. The molecule has 1 aliphatic heterocycles. The number of aromatic amines is 1. The highest BCUT2D eigenvalue weighted by molar-refractivity contribution is 6.03. The first-order valence-corrected chi connectivity index (χ1v) is 9.33. The Morgan fingerprint density at radius 3 is 2.71 bits per heavy atom. The Kier molecular flexibility index (Phi) is 4.55. The fourth-order valence-corrected chi connectivity index (χ4v) is 3.97. The molecule has 4 rings (SSSR count). The monoisotopic (exact) mass is 378 g/mol. The van der Waals surface area contributed by atoms with E-state index in [1.165, 1.54) is 0 Å². The molecule has 1 aromatic heterocycles. The molecule has 28 heavy (non-hydrogen) atoms. The van der Waals surface area contributed by atoms with Gasteiger partial charge < -0.3 is 14.8 Å². The first-order chi connectivity index (χ1) is 13.5. The zero-order valence-corrected chi connectivity index (χ0v) is 15.6. The molecule has 0 radical (unpaired) electrons. The van der Waals surface area contributed by atoms with Gasteiger partial charge in [-0.2, -0.15) is 0 Å². The van der Waals surface area contributed by atoms with Crippen LogP contribution in [0.1, 0.15) is 41.4 Å². The van der Waals surface area contributed by atoms with E-state index in [0.29, 0.717) is 11.9 Å². The maximum Gasteiger partial charge on any atom is 0.410 e. The van der Waals surface area contributed by atoms with Gasteiger partial charge in [-0.05, 0) is 43.5 Å². The molecule has 1 atom stereocenters. The standard InChI is InChI=1S/C22H22N2O4/c1-22(19-13-17-16(20(25)26)9-5-10-18(17)23-19)11-6-12-24(22)21(27)28-14-15-7-3-2-4-8-15/h2-5,7-10,13,23H,6,11-12,14H2,1H3,(H,25,26)/t22-/m1/s1. The largest absolute Gasteiger partial charge is 0.478 e. The Hall–Kier alpha value is -3.28. The number of H-pyrrole nitrogens is 1. The second-order valence-electron chi connectivity index (χ2n) is 7.32. The zero-order valence-electron chi connectivity index (χ0n) is 15.6. The number of aromatic nitrogens is 1. The SMILES string of the molecule is C[C@]1(c2cc3c(C(=O)O)cccc3[nH]2)CCCN1C(=O)OCc1ccccc1. The number of aromatic carboxylic acids is 1. The molecule has 2 aromatic carbocycles. The van der Waals surface area contributed by atoms with Crippen LogP contribution in [0.2, 0.25) is 0 Å². The molecular weight excluding hydrogens is 356 g/mol. The summed E-state index contributed by atoms with van der Waals surface area (Å²) in [6.07, 6.45) is 1.28. The number of carboxylic acid groups (broad SMARTS) is 1. The number of carbonyl (C=O) groups is 2. The minimum absolute atomic E-state index is 0.224. The smallest absolute Gasteiger partial charge is 0.410 e. The molecule has 1 aliphatic rings. The summed E-state index contributed by atoms with van der Waals surface area (Å²) < 4.78 is 5.54. The molecule has 6 nitrogen and oxygen atoms in total. The lowest BCUT2D eigenvalue weighted by Gasteiger charge is -2.33. The van der Waals surface area contributed by atoms with E-state index in [-0.39, 0.29) is 18.3 Å². The van der Waals surface area contributed by atoms with Gasteiger partial charge in [-0.1, -0.05) is 36.4 Å². The molecule has 6 heteroatoms. The van der Waals surface area contributed by atoms with Gasteiger partial charge in [0.15, 0.2) is 0 Å². The molecule has 144 valence electrons. The van der Waals surface area contributed by atoms with E-state index < -0.39 is 11.5 Å². The quantitative estimate of drug-likeness (QED) is 0.699. The minimum Gasteiger partial charge on any atom is -0.478 e. The minimum atomic E-state index is -0.966. The summed E-state index contributed by atoms with van der Waals surface area (Å²) >= 11 is 0. The third kappa shape index (κ3) is 3.11. The number of carboxylic acids is 1. The van der Waals surface area contributed by atoms with Crippen LogP contribution in [0.3, 0.4) is 0 Å². The molecule has 1 fully saturated rings. The lowest BCUT2D eigenvalue weighted by atomic mass is 9.94. The van der Waals surface area contributed by atoms with E-state index in [2.05, 4.69) is 4.98 Å². The molecule has 0 bridgehead atoms. The van der Waals surface area contributed by atoms with Gasteiger partial charge in [-0.25, -0.2) is 9.59 Å². The van der Waals surface area contributed by atoms with E-state index in [1.807, 2.05) is 49.4 Å². The summed E-state index contributed by atoms with van der Waals surface area (Å²) in [4.78, 5) is 29.4. The second kappa shape index (κ2) is 7.03. The number of ether oxygens (including phenoxy) is 1. The summed E-state index contributed by atoms with van der Waals surface area (Å²) in [5.41, 5.74) is 2.20. The molecule has 1 saturated heterocycles. The van der Waals surface area contributed by atoms with Gasteiger partial charge in [-0.15, -0.1) is 0 Å². The van der Waals surface area contributed by atoms with Crippen LogP contribution in [0.4, 0.5) is 4.79 Å². The molecule has 2 heterocycles. The number of hydrogen-bond acceptors (Lipinski definition) is 3. The van der Waals surface area contributed by atoms with Crippen molar-refractivity contribution in [3.05, 3.63) is 71.4 Å². The van der Waals surface area contributed by atoms with E-state index in [9.17, 15) is 14.7 Å². The summed E-state index contributed by atoms with van der Waals surface area (Å²) in [7, 11) is 0. The van der Waals surface area contributed by atoms with E-state index in [4.69, 9.17) is 4.74 Å². The Morgan fingerprint density at radius 1 is 1.18 bits per heavy atom. The fraction of sp³-hybridized carbons (Fsp3) is 0.273. The number of nitrogens with one attached hydrogen (secondary N) is 1. The Balaban J connectivity index is 1.61. The van der Waals surface area contributed by atoms with E-state index in [0.717, 1.165) is 29.6 Å². The predicted octanol–water partition coefficient (Wildman–Crippen LogP) is 4.51. The highest BCUT2D eigenvalue weighted by atomic mass is 16.6. The Labute approximate surface area is 162 Å². The molecule has 0 aliphatic carbocycles. The number of likely N-dealkylation sites (tertiary alicyclic amines) is 1. The molecule has 0 spiro atoms. The van der Waals surface area contributed by atoms with Gasteiger partial charge in [0.2, 0.25) is 0 Å². The van der Waals surface area contributed by atoms with Crippen molar-refractivity contribution in [2.45, 2.75) is 31.9 Å². The normalized spacial score (nSPS) is 19.1. The van der Waals surface area contributed by atoms with Crippen LogP contribution in [-0.4, -0.2) is 33.6 Å². The van der Waals surface area contributed by atoms with Crippen molar-refractivity contribution < 1.29 is 19.4 Å². The van der Waals surface area contributed by atoms with Gasteiger partial charge in [0.25, 0.3) is 0 Å². The van der Waals surface area contributed by atoms with Gasteiger partial charge in [0, 0.05) is 23.1 Å². The van der Waals surface area contributed by atoms with Crippen molar-refractivity contribution in [2.24, 2.45) is 0 Å². The van der Waals surface area contributed by atoms with Crippen molar-refractivity contribution in [1.82, 2.24) is 9.88 Å². The van der Waals surface area contributed by atoms with Crippen molar-refractivity contribution >= 4 is 23.0 Å². The van der Waals surface area contributed by atoms with Crippen LogP contribution < -0.4 is 0 Å². The van der Waals surface area contributed by atoms with Gasteiger partial charge in [-0.3, -0.25) is 4.90 Å². The predicted molar refractivity (Wildman–Crippen MR) is 105 cm³/mol. The third-order valence-corrected chi connectivity index (χ3v) is 5.54. The van der Waals surface area contributed by atoms with Crippen LogP contribution in [0.25, 0.3) is 10.9 Å². The lowest BCUT2D eigenvalue weighted by Crippen LogP contribution is -2.43. The summed E-state index contributed by atoms with van der Waals surface area (Å²) in [6.45, 7) is 2.82. The van der Waals surface area contributed by atoms with Crippen LogP contribution in [-0.2, 0) is 16.9 Å². The van der Waals surface area contributed by atoms with Crippen molar-refractivity contribution in [3.8, 4) is 0 Å². The first kappa shape index (κ1) is 18.1. The Morgan fingerprint density at radius 2 is 1.96 bits per heavy atom. The van der Waals surface area contributed by atoms with Crippen molar-refractivity contribution in [2.75, 3.05) is 6.54 Å². The fourth-order valence-electron chi connectivity index (χ4n) is 3.97.